The Morgan fingerprint density at radius 1 is 1.12 bits per heavy atom. The van der Waals surface area contributed by atoms with Gasteiger partial charge < -0.3 is 15.2 Å². The zero-order valence-electron chi connectivity index (χ0n) is 17.1. The normalized spacial score (nSPS) is 15.0. The van der Waals surface area contributed by atoms with Crippen molar-refractivity contribution in [3.8, 4) is 5.75 Å². The number of pyridine rings is 1. The van der Waals surface area contributed by atoms with Gasteiger partial charge in [0.05, 0.1) is 16.8 Å². The van der Waals surface area contributed by atoms with E-state index in [1.54, 1.807) is 12.1 Å². The first-order chi connectivity index (χ1) is 15.6. The van der Waals surface area contributed by atoms with E-state index >= 15 is 0 Å². The second-order valence-corrected chi connectivity index (χ2v) is 7.80. The molecular weight excluding hydrogens is 444 g/mol. The van der Waals surface area contributed by atoms with E-state index < -0.39 is 35.0 Å². The van der Waals surface area contributed by atoms with Crippen molar-refractivity contribution in [1.82, 2.24) is 10.3 Å². The van der Waals surface area contributed by atoms with Crippen LogP contribution in [0.4, 0.5) is 17.6 Å². The molecule has 0 saturated heterocycles. The van der Waals surface area contributed by atoms with Crippen LogP contribution in [-0.4, -0.2) is 27.5 Å². The van der Waals surface area contributed by atoms with Gasteiger partial charge in [0.1, 0.15) is 23.7 Å². The number of alkyl halides is 3. The highest BCUT2D eigenvalue weighted by atomic mass is 19.4. The molecule has 1 aliphatic rings. The first-order valence-electron chi connectivity index (χ1n) is 10.0. The molecule has 0 bridgehead atoms. The number of nitrogens with zero attached hydrogens (tertiary/aromatic N) is 1. The van der Waals surface area contributed by atoms with Gasteiger partial charge in [-0.1, -0.05) is 24.3 Å². The zero-order chi connectivity index (χ0) is 23.8. The molecule has 33 heavy (non-hydrogen) atoms. The maximum Gasteiger partial charge on any atom is 0.417 e. The summed E-state index contributed by atoms with van der Waals surface area (Å²) >= 11 is 0. The quantitative estimate of drug-likeness (QED) is 0.518. The summed E-state index contributed by atoms with van der Waals surface area (Å²) in [5.41, 5.74) is -2.40. The smallest absolute Gasteiger partial charge is 0.417 e. The van der Waals surface area contributed by atoms with Gasteiger partial charge >= 0.3 is 12.1 Å². The van der Waals surface area contributed by atoms with Crippen molar-refractivity contribution in [2.24, 2.45) is 0 Å². The Morgan fingerprint density at radius 3 is 2.36 bits per heavy atom. The lowest BCUT2D eigenvalue weighted by molar-refractivity contribution is -0.148. The molecule has 0 atom stereocenters. The molecule has 1 fully saturated rings. The van der Waals surface area contributed by atoms with Gasteiger partial charge in [-0.25, -0.2) is 9.18 Å². The van der Waals surface area contributed by atoms with Crippen LogP contribution in [0.2, 0.25) is 0 Å². The molecule has 0 aliphatic heterocycles. The standard InChI is InChI=1S/C23H18F4N2O4/c24-18-10-17(20(30)29-22(21(31)32)8-3-9-22)19(16-5-2-1-4-15(16)18)33-12-14-7-6-13(11-28-14)23(25,26)27/h1-2,4-7,10-11H,3,8-9,12H2,(H,29,30)(H,31,32). The summed E-state index contributed by atoms with van der Waals surface area (Å²) in [5, 5.41) is 12.4. The average molecular weight is 462 g/mol. The predicted octanol–water partition coefficient (Wildman–Crippen LogP) is 4.71. The highest BCUT2D eigenvalue weighted by molar-refractivity contribution is 6.05. The number of amides is 1. The highest BCUT2D eigenvalue weighted by Gasteiger charge is 2.46. The van der Waals surface area contributed by atoms with E-state index in [4.69, 9.17) is 4.74 Å². The van der Waals surface area contributed by atoms with E-state index in [1.807, 2.05) is 0 Å². The SMILES string of the molecule is O=C(NC1(C(=O)O)CCC1)c1cc(F)c2ccccc2c1OCc1ccc(C(F)(F)F)cn1. The molecule has 1 aromatic heterocycles. The van der Waals surface area contributed by atoms with Crippen molar-refractivity contribution in [2.45, 2.75) is 37.6 Å². The number of carbonyl (C=O) groups excluding carboxylic acids is 1. The Morgan fingerprint density at radius 2 is 1.82 bits per heavy atom. The minimum atomic E-state index is -4.54. The monoisotopic (exact) mass is 462 g/mol. The van der Waals surface area contributed by atoms with Crippen LogP contribution in [0.25, 0.3) is 10.8 Å². The van der Waals surface area contributed by atoms with Gasteiger partial charge in [0.15, 0.2) is 0 Å². The number of ether oxygens (including phenoxy) is 1. The first-order valence-corrected chi connectivity index (χ1v) is 10.0. The van der Waals surface area contributed by atoms with E-state index in [0.717, 1.165) is 18.2 Å². The second kappa shape index (κ2) is 8.34. The highest BCUT2D eigenvalue weighted by Crippen LogP contribution is 2.36. The minimum absolute atomic E-state index is 0.0222. The van der Waals surface area contributed by atoms with Crippen LogP contribution in [0.15, 0.2) is 48.7 Å². The van der Waals surface area contributed by atoms with E-state index in [-0.39, 0.29) is 47.2 Å². The van der Waals surface area contributed by atoms with E-state index in [1.165, 1.54) is 12.1 Å². The molecule has 6 nitrogen and oxygen atoms in total. The molecule has 0 spiro atoms. The zero-order valence-corrected chi connectivity index (χ0v) is 17.1. The second-order valence-electron chi connectivity index (χ2n) is 7.80. The number of hydrogen-bond acceptors (Lipinski definition) is 4. The largest absolute Gasteiger partial charge is 0.486 e. The molecule has 2 N–H and O–H groups in total. The van der Waals surface area contributed by atoms with Crippen molar-refractivity contribution in [3.05, 3.63) is 71.3 Å². The molecule has 3 aromatic rings. The van der Waals surface area contributed by atoms with Crippen molar-refractivity contribution >= 4 is 22.6 Å². The van der Waals surface area contributed by atoms with Crippen molar-refractivity contribution < 1.29 is 37.0 Å². The van der Waals surface area contributed by atoms with Gasteiger partial charge in [0, 0.05) is 17.0 Å². The minimum Gasteiger partial charge on any atom is -0.486 e. The Labute approximate surface area is 185 Å². The van der Waals surface area contributed by atoms with Crippen LogP contribution in [0.1, 0.15) is 40.9 Å². The number of hydrogen-bond donors (Lipinski definition) is 2. The molecule has 0 radical (unpaired) electrons. The van der Waals surface area contributed by atoms with Crippen molar-refractivity contribution in [2.75, 3.05) is 0 Å². The lowest BCUT2D eigenvalue weighted by atomic mass is 9.76. The molecular formula is C23H18F4N2O4. The maximum absolute atomic E-state index is 14.7. The Balaban J connectivity index is 1.68. The van der Waals surface area contributed by atoms with Crippen LogP contribution >= 0.6 is 0 Å². The van der Waals surface area contributed by atoms with Gasteiger partial charge in [-0.3, -0.25) is 9.78 Å². The van der Waals surface area contributed by atoms with Gasteiger partial charge in [0.25, 0.3) is 5.91 Å². The average Bonchev–Trinajstić information content (AvgIpc) is 2.75. The number of fused-ring (bicyclic) bond motifs is 1. The summed E-state index contributed by atoms with van der Waals surface area (Å²) in [4.78, 5) is 28.4. The van der Waals surface area contributed by atoms with E-state index in [2.05, 4.69) is 10.3 Å². The van der Waals surface area contributed by atoms with Crippen LogP contribution in [0.5, 0.6) is 5.75 Å². The summed E-state index contributed by atoms with van der Waals surface area (Å²) in [6, 6.07) is 9.18. The predicted molar refractivity (Wildman–Crippen MR) is 109 cm³/mol. The Hall–Kier alpha value is -3.69. The van der Waals surface area contributed by atoms with Gasteiger partial charge in [-0.05, 0) is 37.5 Å². The molecule has 1 heterocycles. The fourth-order valence-corrected chi connectivity index (χ4v) is 3.66. The molecule has 4 rings (SSSR count). The number of nitrogens with one attached hydrogen (secondary N) is 1. The lowest BCUT2D eigenvalue weighted by Crippen LogP contribution is -2.59. The summed E-state index contributed by atoms with van der Waals surface area (Å²) in [6.07, 6.45) is -2.75. The van der Waals surface area contributed by atoms with Crippen LogP contribution in [-0.2, 0) is 17.6 Å². The lowest BCUT2D eigenvalue weighted by Gasteiger charge is -2.38. The fourth-order valence-electron chi connectivity index (χ4n) is 3.66. The molecule has 1 amide bonds. The summed E-state index contributed by atoms with van der Waals surface area (Å²) in [6.45, 7) is -0.294. The third kappa shape index (κ3) is 4.33. The number of halogens is 4. The Kier molecular flexibility index (Phi) is 5.69. The fraction of sp³-hybridized carbons (Fsp3) is 0.261. The van der Waals surface area contributed by atoms with Crippen LogP contribution in [0.3, 0.4) is 0 Å². The number of carbonyl (C=O) groups is 2. The number of carboxylic acids is 1. The molecule has 172 valence electrons. The Bertz CT molecular complexity index is 1220. The molecule has 2 aromatic carbocycles. The molecule has 10 heteroatoms. The van der Waals surface area contributed by atoms with Gasteiger partial charge in [0.2, 0.25) is 0 Å². The summed E-state index contributed by atoms with van der Waals surface area (Å²) < 4.78 is 58.7. The molecule has 1 saturated carbocycles. The van der Waals surface area contributed by atoms with Gasteiger partial charge in [-0.15, -0.1) is 0 Å². The maximum atomic E-state index is 14.7. The van der Waals surface area contributed by atoms with Crippen molar-refractivity contribution in [1.29, 1.82) is 0 Å². The number of aliphatic carboxylic acids is 1. The summed E-state index contributed by atoms with van der Waals surface area (Å²) in [5.74, 6) is -2.73. The van der Waals surface area contributed by atoms with Gasteiger partial charge in [-0.2, -0.15) is 13.2 Å². The summed E-state index contributed by atoms with van der Waals surface area (Å²) in [7, 11) is 0. The number of aromatic nitrogens is 1. The topological polar surface area (TPSA) is 88.5 Å². The molecule has 1 aliphatic carbocycles. The molecule has 0 unspecified atom stereocenters. The van der Waals surface area contributed by atoms with E-state index in [9.17, 15) is 32.3 Å². The van der Waals surface area contributed by atoms with Crippen molar-refractivity contribution in [3.63, 3.8) is 0 Å². The number of rotatable bonds is 6. The van der Waals surface area contributed by atoms with Crippen LogP contribution < -0.4 is 10.1 Å². The number of carboxylic acid groups (broad SMARTS) is 1. The third-order valence-corrected chi connectivity index (χ3v) is 5.68. The third-order valence-electron chi connectivity index (χ3n) is 5.68. The number of benzene rings is 2. The first kappa shape index (κ1) is 22.5. The van der Waals surface area contributed by atoms with E-state index in [0.29, 0.717) is 12.6 Å². The van der Waals surface area contributed by atoms with Crippen LogP contribution in [0, 0.1) is 5.82 Å².